The summed E-state index contributed by atoms with van der Waals surface area (Å²) in [4.78, 5) is 16.8. The Morgan fingerprint density at radius 2 is 1.77 bits per heavy atom. The summed E-state index contributed by atoms with van der Waals surface area (Å²) in [5.74, 6) is -0.254. The Kier molecular flexibility index (Phi) is 5.53. The molecule has 0 bridgehead atoms. The van der Waals surface area contributed by atoms with Crippen molar-refractivity contribution < 1.29 is 18.3 Å². The van der Waals surface area contributed by atoms with Gasteiger partial charge in [-0.2, -0.15) is 9.78 Å². The van der Waals surface area contributed by atoms with E-state index in [1.807, 2.05) is 5.38 Å². The molecule has 1 amide bonds. The largest absolute Gasteiger partial charge is 0.484 e. The van der Waals surface area contributed by atoms with Gasteiger partial charge in [0.2, 0.25) is 5.13 Å². The third-order valence-corrected chi connectivity index (χ3v) is 4.91. The van der Waals surface area contributed by atoms with Crippen LogP contribution in [0.3, 0.4) is 0 Å². The molecule has 6 nitrogen and oxygen atoms in total. The third-order valence-electron chi connectivity index (χ3n) is 4.10. The molecule has 1 N–H and O–H groups in total. The van der Waals surface area contributed by atoms with Crippen molar-refractivity contribution in [2.45, 2.75) is 6.92 Å². The quantitative estimate of drug-likeness (QED) is 0.489. The number of rotatable bonds is 6. The van der Waals surface area contributed by atoms with Gasteiger partial charge in [0.05, 0.1) is 11.4 Å². The van der Waals surface area contributed by atoms with Gasteiger partial charge in [-0.15, -0.1) is 11.3 Å². The molecule has 2 aromatic carbocycles. The van der Waals surface area contributed by atoms with E-state index in [4.69, 9.17) is 4.74 Å². The molecule has 0 radical (unpaired) electrons. The number of benzene rings is 2. The lowest BCUT2D eigenvalue weighted by Gasteiger charge is -2.08. The molecule has 0 aliphatic carbocycles. The molecule has 2 heterocycles. The number of ether oxygens (including phenoxy) is 1. The van der Waals surface area contributed by atoms with Crippen molar-refractivity contribution >= 4 is 23.1 Å². The lowest BCUT2D eigenvalue weighted by molar-refractivity contribution is -0.118. The van der Waals surface area contributed by atoms with Gasteiger partial charge in [-0.05, 0) is 55.5 Å². The smallest absolute Gasteiger partial charge is 0.263 e. The Morgan fingerprint density at radius 3 is 2.47 bits per heavy atom. The molecule has 2 aromatic heterocycles. The number of halogens is 2. The molecule has 0 atom stereocenters. The van der Waals surface area contributed by atoms with E-state index in [9.17, 15) is 13.6 Å². The number of carbonyl (C=O) groups is 1. The van der Waals surface area contributed by atoms with Crippen molar-refractivity contribution in [1.29, 1.82) is 0 Å². The van der Waals surface area contributed by atoms with Gasteiger partial charge in [0.1, 0.15) is 23.2 Å². The van der Waals surface area contributed by atoms with Crippen molar-refractivity contribution in [2.24, 2.45) is 0 Å². The van der Waals surface area contributed by atoms with Crippen LogP contribution in [0.1, 0.15) is 5.69 Å². The minimum Gasteiger partial charge on any atom is -0.484 e. The molecular formula is C21H16F2N4O2S. The first-order valence-corrected chi connectivity index (χ1v) is 9.82. The van der Waals surface area contributed by atoms with Crippen molar-refractivity contribution in [2.75, 3.05) is 11.9 Å². The first-order chi connectivity index (χ1) is 14.5. The van der Waals surface area contributed by atoms with E-state index >= 15 is 0 Å². The summed E-state index contributed by atoms with van der Waals surface area (Å²) in [6, 6.07) is 13.2. The monoisotopic (exact) mass is 426 g/mol. The van der Waals surface area contributed by atoms with Crippen molar-refractivity contribution in [3.05, 3.63) is 77.3 Å². The van der Waals surface area contributed by atoms with Crippen LogP contribution >= 0.6 is 11.3 Å². The first kappa shape index (κ1) is 19.7. The Balaban J connectivity index is 1.48. The molecule has 0 aliphatic heterocycles. The van der Waals surface area contributed by atoms with E-state index in [0.29, 0.717) is 28.1 Å². The van der Waals surface area contributed by atoms with Gasteiger partial charge in [-0.3, -0.25) is 4.79 Å². The molecule has 0 spiro atoms. The van der Waals surface area contributed by atoms with Gasteiger partial charge in [0.25, 0.3) is 5.91 Å². The SMILES string of the molecule is Cc1cc(NC(=O)COc2ccc(F)cc2)n(-c2nc(-c3ccc(F)cc3)cs2)n1. The standard InChI is InChI=1S/C21H16F2N4O2S/c1-13-10-19(25-20(28)11-29-17-8-6-16(23)7-9-17)27(26-13)21-24-18(12-30-21)14-2-4-15(22)5-3-14/h2-10,12H,11H2,1H3,(H,25,28). The first-order valence-electron chi connectivity index (χ1n) is 8.95. The molecule has 0 aliphatic rings. The molecule has 30 heavy (non-hydrogen) atoms. The van der Waals surface area contributed by atoms with E-state index in [2.05, 4.69) is 15.4 Å². The number of thiazole rings is 1. The number of hydrogen-bond acceptors (Lipinski definition) is 5. The normalized spacial score (nSPS) is 10.8. The molecule has 4 rings (SSSR count). The average molecular weight is 426 g/mol. The predicted octanol–water partition coefficient (Wildman–Crippen LogP) is 4.60. The van der Waals surface area contributed by atoms with Crippen LogP contribution in [-0.2, 0) is 4.79 Å². The van der Waals surface area contributed by atoms with Crippen LogP contribution in [0.2, 0.25) is 0 Å². The van der Waals surface area contributed by atoms with Crippen molar-refractivity contribution in [3.8, 4) is 22.1 Å². The van der Waals surface area contributed by atoms with Crippen LogP contribution in [0.15, 0.2) is 60.0 Å². The van der Waals surface area contributed by atoms with Crippen LogP contribution in [0, 0.1) is 18.6 Å². The second-order valence-corrected chi connectivity index (χ2v) is 7.23. The van der Waals surface area contributed by atoms with Crippen LogP contribution in [0.5, 0.6) is 5.75 Å². The fourth-order valence-corrected chi connectivity index (χ4v) is 3.50. The van der Waals surface area contributed by atoms with Crippen LogP contribution in [0.25, 0.3) is 16.4 Å². The van der Waals surface area contributed by atoms with Crippen molar-refractivity contribution in [1.82, 2.24) is 14.8 Å². The Hall–Kier alpha value is -3.59. The number of nitrogens with zero attached hydrogens (tertiary/aromatic N) is 3. The molecule has 0 fully saturated rings. The molecule has 9 heteroatoms. The average Bonchev–Trinajstić information content (AvgIpc) is 3.35. The van der Waals surface area contributed by atoms with E-state index < -0.39 is 5.91 Å². The number of hydrogen-bond donors (Lipinski definition) is 1. The Morgan fingerprint density at radius 1 is 1.10 bits per heavy atom. The topological polar surface area (TPSA) is 69.0 Å². The lowest BCUT2D eigenvalue weighted by atomic mass is 10.2. The van der Waals surface area contributed by atoms with E-state index in [-0.39, 0.29) is 18.2 Å². The van der Waals surface area contributed by atoms with Gasteiger partial charge in [0, 0.05) is 17.0 Å². The highest BCUT2D eigenvalue weighted by Gasteiger charge is 2.15. The lowest BCUT2D eigenvalue weighted by Crippen LogP contribution is -2.21. The minimum atomic E-state index is -0.393. The zero-order valence-electron chi connectivity index (χ0n) is 15.8. The number of amides is 1. The highest BCUT2D eigenvalue weighted by molar-refractivity contribution is 7.12. The molecule has 152 valence electrons. The zero-order chi connectivity index (χ0) is 21.1. The van der Waals surface area contributed by atoms with Crippen LogP contribution < -0.4 is 10.1 Å². The van der Waals surface area contributed by atoms with Gasteiger partial charge >= 0.3 is 0 Å². The third kappa shape index (κ3) is 4.52. The molecule has 0 saturated carbocycles. The highest BCUT2D eigenvalue weighted by atomic mass is 32.1. The summed E-state index contributed by atoms with van der Waals surface area (Å²) in [5, 5.41) is 9.53. The van der Waals surface area contributed by atoms with Gasteiger partial charge in [0.15, 0.2) is 6.61 Å². The maximum Gasteiger partial charge on any atom is 0.263 e. The fourth-order valence-electron chi connectivity index (χ4n) is 2.71. The number of nitrogens with one attached hydrogen (secondary N) is 1. The van der Waals surface area contributed by atoms with E-state index in [0.717, 1.165) is 5.56 Å². The Bertz CT molecular complexity index is 1170. The van der Waals surface area contributed by atoms with Gasteiger partial charge in [-0.25, -0.2) is 13.8 Å². The number of aryl methyl sites for hydroxylation is 1. The summed E-state index contributed by atoms with van der Waals surface area (Å²) in [6.07, 6.45) is 0. The number of aromatic nitrogens is 3. The summed E-state index contributed by atoms with van der Waals surface area (Å²) in [7, 11) is 0. The number of carbonyl (C=O) groups excluding carboxylic acids is 1. The fraction of sp³-hybridized carbons (Fsp3) is 0.0952. The van der Waals surface area contributed by atoms with Gasteiger partial charge in [-0.1, -0.05) is 0 Å². The van der Waals surface area contributed by atoms with E-state index in [1.165, 1.54) is 52.4 Å². The molecule has 4 aromatic rings. The van der Waals surface area contributed by atoms with Crippen LogP contribution in [0.4, 0.5) is 14.6 Å². The zero-order valence-corrected chi connectivity index (χ0v) is 16.6. The summed E-state index contributed by atoms with van der Waals surface area (Å²) < 4.78 is 33.0. The summed E-state index contributed by atoms with van der Waals surface area (Å²) >= 11 is 1.35. The highest BCUT2D eigenvalue weighted by Crippen LogP contribution is 2.26. The summed E-state index contributed by atoms with van der Waals surface area (Å²) in [6.45, 7) is 1.56. The van der Waals surface area contributed by atoms with Gasteiger partial charge < -0.3 is 10.1 Å². The molecular weight excluding hydrogens is 410 g/mol. The Labute approximate surface area is 174 Å². The maximum atomic E-state index is 13.1. The minimum absolute atomic E-state index is 0.242. The van der Waals surface area contributed by atoms with Crippen LogP contribution in [-0.4, -0.2) is 27.3 Å². The predicted molar refractivity (Wildman–Crippen MR) is 110 cm³/mol. The second-order valence-electron chi connectivity index (χ2n) is 6.40. The van der Waals surface area contributed by atoms with E-state index in [1.54, 1.807) is 25.1 Å². The number of anilines is 1. The van der Waals surface area contributed by atoms with Crippen molar-refractivity contribution in [3.63, 3.8) is 0 Å². The molecule has 0 saturated heterocycles. The second kappa shape index (κ2) is 8.42. The maximum absolute atomic E-state index is 13.1. The molecule has 0 unspecified atom stereocenters. The summed E-state index contributed by atoms with van der Waals surface area (Å²) in [5.41, 5.74) is 2.16.